The molecule has 0 fully saturated rings. The number of rotatable bonds is 9. The Balaban J connectivity index is 2.78. The first-order valence-corrected chi connectivity index (χ1v) is 10.9. The van der Waals surface area contributed by atoms with E-state index >= 15 is 0 Å². The lowest BCUT2D eigenvalue weighted by Crippen LogP contribution is -2.29. The first-order chi connectivity index (χ1) is 15.7. The summed E-state index contributed by atoms with van der Waals surface area (Å²) in [7, 11) is -0.562. The van der Waals surface area contributed by atoms with Gasteiger partial charge in [-0.1, -0.05) is 6.07 Å². The first kappa shape index (κ1) is 26.9. The zero-order chi connectivity index (χ0) is 26.0. The molecule has 34 heavy (non-hydrogen) atoms. The molecule has 2 rings (SSSR count). The molecular weight excluding hydrogens is 485 g/mol. The van der Waals surface area contributed by atoms with Crippen molar-refractivity contribution in [2.75, 3.05) is 28.4 Å². The van der Waals surface area contributed by atoms with E-state index in [1.165, 1.54) is 41.4 Å². The number of ether oxygens (including phenoxy) is 4. The fourth-order valence-electron chi connectivity index (χ4n) is 3.41. The summed E-state index contributed by atoms with van der Waals surface area (Å²) in [5, 5.41) is 9.37. The van der Waals surface area contributed by atoms with Gasteiger partial charge < -0.3 is 28.2 Å². The molecule has 1 N–H and O–H groups in total. The van der Waals surface area contributed by atoms with Crippen molar-refractivity contribution in [1.29, 1.82) is 0 Å². The second-order valence-electron chi connectivity index (χ2n) is 6.93. The molecule has 0 saturated carbocycles. The predicted octanol–water partition coefficient (Wildman–Crippen LogP) is 3.86. The molecule has 0 aliphatic heterocycles. The van der Waals surface area contributed by atoms with Gasteiger partial charge >= 0.3 is 21.6 Å². The van der Waals surface area contributed by atoms with E-state index in [0.29, 0.717) is 16.9 Å². The van der Waals surface area contributed by atoms with Gasteiger partial charge in [0.05, 0.1) is 28.4 Å². The summed E-state index contributed by atoms with van der Waals surface area (Å²) in [6.45, 7) is 2.94. The van der Waals surface area contributed by atoms with Crippen molar-refractivity contribution in [3.8, 4) is 28.7 Å². The van der Waals surface area contributed by atoms with E-state index in [4.69, 9.17) is 18.9 Å². The maximum Gasteiger partial charge on any atom is 0.534 e. The number of alkyl halides is 3. The van der Waals surface area contributed by atoms with Gasteiger partial charge in [-0.25, -0.2) is 4.79 Å². The van der Waals surface area contributed by atoms with E-state index in [1.807, 2.05) is 0 Å². The average Bonchev–Trinajstić information content (AvgIpc) is 2.75. The van der Waals surface area contributed by atoms with Crippen LogP contribution in [0.3, 0.4) is 0 Å². The van der Waals surface area contributed by atoms with E-state index < -0.39 is 32.9 Å². The van der Waals surface area contributed by atoms with Crippen LogP contribution in [-0.4, -0.2) is 53.4 Å². The lowest BCUT2D eigenvalue weighted by atomic mass is 9.93. The molecule has 0 spiro atoms. The van der Waals surface area contributed by atoms with Crippen molar-refractivity contribution in [3.63, 3.8) is 0 Å². The smallest absolute Gasteiger partial charge is 0.492 e. The molecule has 0 aromatic heterocycles. The van der Waals surface area contributed by atoms with Gasteiger partial charge in [-0.2, -0.15) is 21.6 Å². The number of benzene rings is 2. The van der Waals surface area contributed by atoms with Crippen LogP contribution in [0.1, 0.15) is 32.6 Å². The van der Waals surface area contributed by atoms with Gasteiger partial charge in [0.1, 0.15) is 5.56 Å². The summed E-state index contributed by atoms with van der Waals surface area (Å²) in [4.78, 5) is 11.5. The largest absolute Gasteiger partial charge is 0.534 e. The highest BCUT2D eigenvalue weighted by atomic mass is 32.2. The number of carbonyl (C=O) groups is 1. The molecule has 0 atom stereocenters. The Morgan fingerprint density at radius 1 is 0.853 bits per heavy atom. The summed E-state index contributed by atoms with van der Waals surface area (Å²) >= 11 is 0. The highest BCUT2D eigenvalue weighted by Gasteiger charge is 2.49. The SMILES string of the molecule is COc1c(C)c(Cc2ccc(C(=O)O)c(OS(=O)(=O)C(F)(F)F)c2C)c(OC)c(OC)c1OC. The maximum atomic E-state index is 12.9. The molecule has 0 heterocycles. The highest BCUT2D eigenvalue weighted by Crippen LogP contribution is 2.50. The van der Waals surface area contributed by atoms with Crippen molar-refractivity contribution in [2.45, 2.75) is 25.8 Å². The molecule has 2 aromatic rings. The summed E-state index contributed by atoms with van der Waals surface area (Å²) in [6.07, 6.45) is -0.0279. The molecule has 0 bridgehead atoms. The van der Waals surface area contributed by atoms with E-state index in [0.717, 1.165) is 6.07 Å². The van der Waals surface area contributed by atoms with Crippen molar-refractivity contribution in [2.24, 2.45) is 0 Å². The molecule has 2 aromatic carbocycles. The summed E-state index contributed by atoms with van der Waals surface area (Å²) < 4.78 is 87.9. The number of hydrogen-bond acceptors (Lipinski definition) is 8. The van der Waals surface area contributed by atoms with Crippen LogP contribution >= 0.6 is 0 Å². The summed E-state index contributed by atoms with van der Waals surface area (Å²) in [6, 6.07) is 2.31. The molecule has 0 aliphatic rings. The summed E-state index contributed by atoms with van der Waals surface area (Å²) in [5.41, 5.74) is -5.32. The van der Waals surface area contributed by atoms with Crippen LogP contribution in [0.4, 0.5) is 13.2 Å². The minimum Gasteiger partial charge on any atom is -0.492 e. The van der Waals surface area contributed by atoms with Crippen LogP contribution in [0.25, 0.3) is 0 Å². The lowest BCUT2D eigenvalue weighted by Gasteiger charge is -2.22. The van der Waals surface area contributed by atoms with Gasteiger partial charge in [0.25, 0.3) is 0 Å². The molecule has 0 unspecified atom stereocenters. The van der Waals surface area contributed by atoms with Crippen molar-refractivity contribution in [3.05, 3.63) is 39.9 Å². The Morgan fingerprint density at radius 2 is 1.35 bits per heavy atom. The number of carboxylic acid groups (broad SMARTS) is 1. The normalized spacial score (nSPS) is 11.7. The molecular formula is C21H23F3O9S. The molecule has 188 valence electrons. The standard InChI is InChI=1S/C21H23F3O9S/c1-10-12(7-8-13(20(25)26)15(10)33-34(27,28)21(22,23)24)9-14-11(2)16(29-3)18(31-5)19(32-6)17(14)30-4/h7-8H,9H2,1-6H3,(H,25,26). The quantitative estimate of drug-likeness (QED) is 0.398. The van der Waals surface area contributed by atoms with E-state index in [2.05, 4.69) is 4.18 Å². The van der Waals surface area contributed by atoms with E-state index in [1.54, 1.807) is 6.92 Å². The third-order valence-electron chi connectivity index (χ3n) is 5.09. The van der Waals surface area contributed by atoms with Gasteiger partial charge in [-0.05, 0) is 31.0 Å². The van der Waals surface area contributed by atoms with Crippen LogP contribution in [0, 0.1) is 13.8 Å². The Kier molecular flexibility index (Phi) is 7.81. The number of halogens is 3. The second-order valence-corrected chi connectivity index (χ2v) is 8.47. The molecule has 0 aliphatic carbocycles. The molecule has 0 saturated heterocycles. The van der Waals surface area contributed by atoms with Crippen LogP contribution in [0.2, 0.25) is 0 Å². The Labute approximate surface area is 194 Å². The highest BCUT2D eigenvalue weighted by molar-refractivity contribution is 7.88. The third kappa shape index (κ3) is 4.79. The van der Waals surface area contributed by atoms with Crippen molar-refractivity contribution in [1.82, 2.24) is 0 Å². The zero-order valence-electron chi connectivity index (χ0n) is 19.1. The van der Waals surface area contributed by atoms with Gasteiger partial charge in [0, 0.05) is 17.5 Å². The van der Waals surface area contributed by atoms with Gasteiger partial charge in [-0.15, -0.1) is 0 Å². The Bertz CT molecular complexity index is 1210. The Hall–Kier alpha value is -3.35. The fraction of sp³-hybridized carbons (Fsp3) is 0.381. The monoisotopic (exact) mass is 508 g/mol. The van der Waals surface area contributed by atoms with E-state index in [9.17, 15) is 31.5 Å². The topological polar surface area (TPSA) is 118 Å². The minimum absolute atomic E-state index is 0.0279. The van der Waals surface area contributed by atoms with Crippen LogP contribution in [0.5, 0.6) is 28.7 Å². The van der Waals surface area contributed by atoms with Gasteiger partial charge in [-0.3, -0.25) is 0 Å². The van der Waals surface area contributed by atoms with Gasteiger partial charge in [0.15, 0.2) is 17.2 Å². The molecule has 13 heteroatoms. The fourth-order valence-corrected chi connectivity index (χ4v) is 3.94. The number of hydrogen-bond donors (Lipinski definition) is 1. The molecule has 9 nitrogen and oxygen atoms in total. The minimum atomic E-state index is -6.11. The number of carboxylic acids is 1. The number of aromatic carboxylic acids is 1. The molecule has 0 radical (unpaired) electrons. The van der Waals surface area contributed by atoms with Crippen LogP contribution in [-0.2, 0) is 16.5 Å². The Morgan fingerprint density at radius 3 is 1.79 bits per heavy atom. The number of methoxy groups -OCH3 is 4. The van der Waals surface area contributed by atoms with E-state index in [-0.39, 0.29) is 34.8 Å². The zero-order valence-corrected chi connectivity index (χ0v) is 19.9. The first-order valence-electron chi connectivity index (χ1n) is 9.47. The average molecular weight is 508 g/mol. The van der Waals surface area contributed by atoms with Crippen molar-refractivity contribution >= 4 is 16.1 Å². The lowest BCUT2D eigenvalue weighted by molar-refractivity contribution is -0.0500. The molecule has 0 amide bonds. The maximum absolute atomic E-state index is 12.9. The summed E-state index contributed by atoms with van der Waals surface area (Å²) in [5.74, 6) is -1.61. The van der Waals surface area contributed by atoms with Crippen molar-refractivity contribution < 1.29 is 54.6 Å². The third-order valence-corrected chi connectivity index (χ3v) is 6.05. The predicted molar refractivity (Wildman–Crippen MR) is 114 cm³/mol. The second kappa shape index (κ2) is 9.87. The van der Waals surface area contributed by atoms with Gasteiger partial charge in [0.2, 0.25) is 11.5 Å². The van der Waals surface area contributed by atoms with Crippen LogP contribution in [0.15, 0.2) is 12.1 Å². The van der Waals surface area contributed by atoms with Crippen LogP contribution < -0.4 is 23.1 Å².